The van der Waals surface area contributed by atoms with Gasteiger partial charge < -0.3 is 16.0 Å². The average Bonchev–Trinajstić information content (AvgIpc) is 2.77. The lowest BCUT2D eigenvalue weighted by molar-refractivity contribution is 0.511. The number of H-pyrrole nitrogens is 1. The van der Waals surface area contributed by atoms with E-state index in [1.54, 1.807) is 12.4 Å². The van der Waals surface area contributed by atoms with E-state index in [0.29, 0.717) is 5.82 Å². The molecule has 0 atom stereocenters. The van der Waals surface area contributed by atoms with Crippen LogP contribution >= 0.6 is 0 Å². The number of nitrogens with one attached hydrogen (secondary N) is 2. The van der Waals surface area contributed by atoms with Gasteiger partial charge in [0, 0.05) is 12.4 Å². The fourth-order valence-corrected chi connectivity index (χ4v) is 1.31. The standard InChI is InChI=1S/C10H10F2N4/c11-6-1-2-7(13)10(9(6)12)16-5-8-14-3-4-15-8/h1-4,16H,5,13H2,(H,14,15). The van der Waals surface area contributed by atoms with Crippen LogP contribution in [0, 0.1) is 11.6 Å². The van der Waals surface area contributed by atoms with E-state index in [4.69, 9.17) is 5.73 Å². The minimum Gasteiger partial charge on any atom is -0.397 e. The Morgan fingerprint density at radius 2 is 2.19 bits per heavy atom. The smallest absolute Gasteiger partial charge is 0.183 e. The molecule has 0 saturated heterocycles. The van der Waals surface area contributed by atoms with Crippen molar-refractivity contribution in [3.8, 4) is 0 Å². The van der Waals surface area contributed by atoms with E-state index in [1.165, 1.54) is 6.07 Å². The molecule has 1 aromatic heterocycles. The van der Waals surface area contributed by atoms with Crippen molar-refractivity contribution in [3.63, 3.8) is 0 Å². The Bertz CT molecular complexity index is 482. The van der Waals surface area contributed by atoms with Crippen LogP contribution in [-0.4, -0.2) is 9.97 Å². The molecule has 0 unspecified atom stereocenters. The van der Waals surface area contributed by atoms with Gasteiger partial charge >= 0.3 is 0 Å². The summed E-state index contributed by atoms with van der Waals surface area (Å²) < 4.78 is 26.3. The van der Waals surface area contributed by atoms with E-state index in [2.05, 4.69) is 15.3 Å². The van der Waals surface area contributed by atoms with Gasteiger partial charge in [-0.05, 0) is 12.1 Å². The quantitative estimate of drug-likeness (QED) is 0.697. The largest absolute Gasteiger partial charge is 0.397 e. The van der Waals surface area contributed by atoms with Gasteiger partial charge in [0.05, 0.1) is 17.9 Å². The summed E-state index contributed by atoms with van der Waals surface area (Å²) in [7, 11) is 0. The molecule has 2 rings (SSSR count). The summed E-state index contributed by atoms with van der Waals surface area (Å²) in [5.74, 6) is -1.30. The Morgan fingerprint density at radius 1 is 1.38 bits per heavy atom. The molecule has 0 aliphatic heterocycles. The van der Waals surface area contributed by atoms with Crippen molar-refractivity contribution in [3.05, 3.63) is 42.0 Å². The SMILES string of the molecule is Nc1ccc(F)c(F)c1NCc1ncc[nH]1. The third kappa shape index (κ3) is 1.95. The van der Waals surface area contributed by atoms with E-state index < -0.39 is 11.6 Å². The lowest BCUT2D eigenvalue weighted by atomic mass is 10.2. The van der Waals surface area contributed by atoms with Crippen molar-refractivity contribution in [2.75, 3.05) is 11.1 Å². The third-order valence-corrected chi connectivity index (χ3v) is 2.11. The summed E-state index contributed by atoms with van der Waals surface area (Å²) in [5, 5.41) is 2.69. The fourth-order valence-electron chi connectivity index (χ4n) is 1.31. The predicted molar refractivity (Wildman–Crippen MR) is 56.7 cm³/mol. The second-order valence-corrected chi connectivity index (χ2v) is 3.22. The zero-order valence-corrected chi connectivity index (χ0v) is 8.30. The predicted octanol–water partition coefficient (Wildman–Crippen LogP) is 1.88. The van der Waals surface area contributed by atoms with Gasteiger partial charge in [-0.15, -0.1) is 0 Å². The zero-order valence-electron chi connectivity index (χ0n) is 8.30. The van der Waals surface area contributed by atoms with Crippen LogP contribution in [0.2, 0.25) is 0 Å². The van der Waals surface area contributed by atoms with Gasteiger partial charge in [0.15, 0.2) is 11.6 Å². The Labute approximate surface area is 90.5 Å². The van der Waals surface area contributed by atoms with Crippen LogP contribution in [0.3, 0.4) is 0 Å². The summed E-state index contributed by atoms with van der Waals surface area (Å²) in [6.45, 7) is 0.248. The lowest BCUT2D eigenvalue weighted by Gasteiger charge is -2.09. The first-order valence-corrected chi connectivity index (χ1v) is 4.64. The Hall–Kier alpha value is -2.11. The second kappa shape index (κ2) is 4.18. The molecule has 84 valence electrons. The van der Waals surface area contributed by atoms with Crippen LogP contribution in [0.1, 0.15) is 5.82 Å². The summed E-state index contributed by atoms with van der Waals surface area (Å²) in [4.78, 5) is 6.77. The molecule has 0 aliphatic carbocycles. The number of nitrogens with two attached hydrogens (primary N) is 1. The molecule has 16 heavy (non-hydrogen) atoms. The van der Waals surface area contributed by atoms with Crippen LogP contribution in [0.25, 0.3) is 0 Å². The topological polar surface area (TPSA) is 66.7 Å². The Morgan fingerprint density at radius 3 is 2.88 bits per heavy atom. The molecule has 4 nitrogen and oxygen atoms in total. The third-order valence-electron chi connectivity index (χ3n) is 2.11. The van der Waals surface area contributed by atoms with Crippen molar-refractivity contribution in [1.82, 2.24) is 9.97 Å². The molecule has 6 heteroatoms. The maximum atomic E-state index is 13.3. The highest BCUT2D eigenvalue weighted by Gasteiger charge is 2.11. The molecule has 4 N–H and O–H groups in total. The number of rotatable bonds is 3. The monoisotopic (exact) mass is 224 g/mol. The van der Waals surface area contributed by atoms with Crippen molar-refractivity contribution < 1.29 is 8.78 Å². The molecule has 0 fully saturated rings. The summed E-state index contributed by atoms with van der Waals surface area (Å²) in [6.07, 6.45) is 3.21. The molecule has 0 saturated carbocycles. The second-order valence-electron chi connectivity index (χ2n) is 3.22. The first-order valence-electron chi connectivity index (χ1n) is 4.64. The number of hydrogen-bond acceptors (Lipinski definition) is 3. The van der Waals surface area contributed by atoms with E-state index in [-0.39, 0.29) is 17.9 Å². The van der Waals surface area contributed by atoms with Gasteiger partial charge in [0.25, 0.3) is 0 Å². The average molecular weight is 224 g/mol. The van der Waals surface area contributed by atoms with Gasteiger partial charge in [-0.1, -0.05) is 0 Å². The number of aromatic amines is 1. The normalized spacial score (nSPS) is 10.4. The molecular weight excluding hydrogens is 214 g/mol. The summed E-state index contributed by atoms with van der Waals surface area (Å²) in [5.41, 5.74) is 5.64. The highest BCUT2D eigenvalue weighted by atomic mass is 19.2. The summed E-state index contributed by atoms with van der Waals surface area (Å²) >= 11 is 0. The van der Waals surface area contributed by atoms with Gasteiger partial charge in [0.1, 0.15) is 5.82 Å². The highest BCUT2D eigenvalue weighted by molar-refractivity contribution is 5.66. The van der Waals surface area contributed by atoms with Crippen LogP contribution in [0.4, 0.5) is 20.2 Å². The maximum Gasteiger partial charge on any atom is 0.183 e. The Kier molecular flexibility index (Phi) is 2.72. The molecule has 0 bridgehead atoms. The van der Waals surface area contributed by atoms with Crippen molar-refractivity contribution in [2.45, 2.75) is 6.54 Å². The van der Waals surface area contributed by atoms with Crippen LogP contribution in [-0.2, 0) is 6.54 Å². The van der Waals surface area contributed by atoms with Gasteiger partial charge in [-0.2, -0.15) is 0 Å². The number of nitrogens with zero attached hydrogens (tertiary/aromatic N) is 1. The Balaban J connectivity index is 2.18. The molecule has 0 aliphatic rings. The summed E-state index contributed by atoms with van der Waals surface area (Å²) in [6, 6.07) is 2.30. The van der Waals surface area contributed by atoms with Gasteiger partial charge in [-0.3, -0.25) is 0 Å². The number of aromatic nitrogens is 2. The van der Waals surface area contributed by atoms with Crippen LogP contribution < -0.4 is 11.1 Å². The van der Waals surface area contributed by atoms with E-state index in [0.717, 1.165) is 6.07 Å². The number of imidazole rings is 1. The number of benzene rings is 1. The number of hydrogen-bond donors (Lipinski definition) is 3. The van der Waals surface area contributed by atoms with Crippen LogP contribution in [0.15, 0.2) is 24.5 Å². The van der Waals surface area contributed by atoms with E-state index in [9.17, 15) is 8.78 Å². The van der Waals surface area contributed by atoms with Gasteiger partial charge in [0.2, 0.25) is 0 Å². The zero-order chi connectivity index (χ0) is 11.5. The molecular formula is C10H10F2N4. The van der Waals surface area contributed by atoms with Crippen molar-refractivity contribution in [2.24, 2.45) is 0 Å². The minimum absolute atomic E-state index is 0.0450. The van der Waals surface area contributed by atoms with Crippen molar-refractivity contribution >= 4 is 11.4 Å². The first-order chi connectivity index (χ1) is 7.68. The molecule has 1 aromatic carbocycles. The van der Waals surface area contributed by atoms with E-state index in [1.807, 2.05) is 0 Å². The van der Waals surface area contributed by atoms with Crippen LogP contribution in [0.5, 0.6) is 0 Å². The molecule has 0 spiro atoms. The highest BCUT2D eigenvalue weighted by Crippen LogP contribution is 2.24. The molecule has 0 radical (unpaired) electrons. The van der Waals surface area contributed by atoms with Gasteiger partial charge in [-0.25, -0.2) is 13.8 Å². The van der Waals surface area contributed by atoms with E-state index >= 15 is 0 Å². The maximum absolute atomic E-state index is 13.3. The number of halogens is 2. The first kappa shape index (κ1) is 10.4. The fraction of sp³-hybridized carbons (Fsp3) is 0.100. The van der Waals surface area contributed by atoms with Crippen molar-refractivity contribution in [1.29, 1.82) is 0 Å². The molecule has 0 amide bonds. The lowest BCUT2D eigenvalue weighted by Crippen LogP contribution is -2.07. The molecule has 1 heterocycles. The number of anilines is 2. The molecule has 2 aromatic rings. The number of nitrogen functional groups attached to an aromatic ring is 1. The minimum atomic E-state index is -0.980.